The van der Waals surface area contributed by atoms with Gasteiger partial charge in [-0.05, 0) is 17.6 Å². The van der Waals surface area contributed by atoms with E-state index in [0.717, 1.165) is 15.8 Å². The number of hydrogen-bond donors (Lipinski definition) is 0. The fourth-order valence-corrected chi connectivity index (χ4v) is 2.28. The quantitative estimate of drug-likeness (QED) is 0.794. The highest BCUT2D eigenvalue weighted by Gasteiger charge is 2.12. The Hall–Kier alpha value is -1.22. The smallest absolute Gasteiger partial charge is 0.140 e. The lowest BCUT2D eigenvalue weighted by atomic mass is 10.0. The van der Waals surface area contributed by atoms with Crippen molar-refractivity contribution in [1.29, 1.82) is 0 Å². The van der Waals surface area contributed by atoms with Crippen LogP contribution in [0.3, 0.4) is 0 Å². The van der Waals surface area contributed by atoms with Crippen molar-refractivity contribution in [3.05, 3.63) is 29.1 Å². The Balaban J connectivity index is 2.33. The van der Waals surface area contributed by atoms with Crippen molar-refractivity contribution < 1.29 is 4.79 Å². The number of nitrogens with zero attached hydrogens (tertiary/aromatic N) is 1. The van der Waals surface area contributed by atoms with Crippen molar-refractivity contribution in [3.63, 3.8) is 0 Å². The van der Waals surface area contributed by atoms with Crippen LogP contribution in [0.15, 0.2) is 24.3 Å². The van der Waals surface area contributed by atoms with E-state index in [1.807, 2.05) is 38.1 Å². The summed E-state index contributed by atoms with van der Waals surface area (Å²) >= 11 is 1.44. The second-order valence-electron chi connectivity index (χ2n) is 3.92. The third kappa shape index (κ3) is 2.07. The average Bonchev–Trinajstić information content (AvgIpc) is 2.62. The fraction of sp³-hybridized carbons (Fsp3) is 0.333. The molecule has 0 saturated carbocycles. The summed E-state index contributed by atoms with van der Waals surface area (Å²) in [4.78, 5) is 12.7. The minimum Gasteiger partial charge on any atom is -0.299 e. The topological polar surface area (TPSA) is 30.0 Å². The number of Topliss-reactive ketones (excluding diaryl/α,β-unsaturated/α-hetero) is 1. The molecule has 3 heteroatoms. The van der Waals surface area contributed by atoms with Crippen LogP contribution in [0.5, 0.6) is 0 Å². The molecular formula is C12H13NOS. The average molecular weight is 219 g/mol. The van der Waals surface area contributed by atoms with E-state index >= 15 is 0 Å². The zero-order chi connectivity index (χ0) is 10.8. The maximum Gasteiger partial charge on any atom is 0.140 e. The zero-order valence-electron chi connectivity index (χ0n) is 8.86. The molecule has 0 atom stereocenters. The van der Waals surface area contributed by atoms with Gasteiger partial charge in [0.05, 0.1) is 5.52 Å². The van der Waals surface area contributed by atoms with Crippen molar-refractivity contribution in [2.45, 2.75) is 20.3 Å². The highest BCUT2D eigenvalue weighted by atomic mass is 32.1. The molecule has 1 heterocycles. The first-order chi connectivity index (χ1) is 7.18. The number of rotatable bonds is 3. The normalized spacial score (nSPS) is 11.1. The molecular weight excluding hydrogens is 206 g/mol. The Bertz CT molecular complexity index is 487. The first kappa shape index (κ1) is 10.3. The van der Waals surface area contributed by atoms with Crippen molar-refractivity contribution in [2.75, 3.05) is 0 Å². The largest absolute Gasteiger partial charge is 0.299 e. The molecule has 2 aromatic rings. The molecule has 0 bridgehead atoms. The van der Waals surface area contributed by atoms with Gasteiger partial charge in [0.2, 0.25) is 0 Å². The van der Waals surface area contributed by atoms with E-state index in [0.29, 0.717) is 6.42 Å². The van der Waals surface area contributed by atoms with E-state index in [9.17, 15) is 4.79 Å². The van der Waals surface area contributed by atoms with Gasteiger partial charge in [-0.3, -0.25) is 4.79 Å². The van der Waals surface area contributed by atoms with Gasteiger partial charge in [-0.2, -0.15) is 4.37 Å². The minimum absolute atomic E-state index is 0.103. The molecule has 0 spiro atoms. The molecule has 0 radical (unpaired) electrons. The van der Waals surface area contributed by atoms with Crippen LogP contribution in [0.25, 0.3) is 10.9 Å². The van der Waals surface area contributed by atoms with E-state index < -0.39 is 0 Å². The van der Waals surface area contributed by atoms with Crippen LogP contribution >= 0.6 is 11.5 Å². The van der Waals surface area contributed by atoms with Crippen LogP contribution in [0, 0.1) is 5.92 Å². The highest BCUT2D eigenvalue weighted by Crippen LogP contribution is 2.23. The van der Waals surface area contributed by atoms with Gasteiger partial charge in [0, 0.05) is 22.6 Å². The molecule has 0 unspecified atom stereocenters. The van der Waals surface area contributed by atoms with Crippen molar-refractivity contribution >= 4 is 28.2 Å². The lowest BCUT2D eigenvalue weighted by Gasteiger charge is -2.01. The summed E-state index contributed by atoms with van der Waals surface area (Å²) in [6, 6.07) is 7.97. The van der Waals surface area contributed by atoms with Crippen LogP contribution in [0.2, 0.25) is 0 Å². The molecule has 2 rings (SSSR count). The molecule has 78 valence electrons. The third-order valence-electron chi connectivity index (χ3n) is 2.44. The van der Waals surface area contributed by atoms with E-state index in [2.05, 4.69) is 4.37 Å². The van der Waals surface area contributed by atoms with Gasteiger partial charge in [-0.1, -0.05) is 32.0 Å². The van der Waals surface area contributed by atoms with Gasteiger partial charge in [0.25, 0.3) is 0 Å². The summed E-state index contributed by atoms with van der Waals surface area (Å²) in [6.07, 6.45) is 0.517. The Morgan fingerprint density at radius 2 is 2.13 bits per heavy atom. The van der Waals surface area contributed by atoms with Gasteiger partial charge in [0.1, 0.15) is 5.78 Å². The zero-order valence-corrected chi connectivity index (χ0v) is 9.67. The molecule has 15 heavy (non-hydrogen) atoms. The summed E-state index contributed by atoms with van der Waals surface area (Å²) in [7, 11) is 0. The number of aromatic nitrogens is 1. The van der Waals surface area contributed by atoms with E-state index in [1.165, 1.54) is 11.5 Å². The van der Waals surface area contributed by atoms with Gasteiger partial charge in [0.15, 0.2) is 0 Å². The second kappa shape index (κ2) is 4.11. The fourth-order valence-electron chi connectivity index (χ4n) is 1.43. The van der Waals surface area contributed by atoms with Gasteiger partial charge < -0.3 is 0 Å². The number of carbonyl (C=O) groups excluding carboxylic acids is 1. The Labute approximate surface area is 93.1 Å². The number of carbonyl (C=O) groups is 1. The van der Waals surface area contributed by atoms with Gasteiger partial charge >= 0.3 is 0 Å². The third-order valence-corrected chi connectivity index (χ3v) is 3.31. The molecule has 0 saturated heterocycles. The van der Waals surface area contributed by atoms with Crippen LogP contribution < -0.4 is 0 Å². The highest BCUT2D eigenvalue weighted by molar-refractivity contribution is 7.07. The van der Waals surface area contributed by atoms with Gasteiger partial charge in [-0.15, -0.1) is 0 Å². The van der Waals surface area contributed by atoms with E-state index in [4.69, 9.17) is 0 Å². The SMILES string of the molecule is CC(C)C(=O)Cc1snc2ccccc12. The lowest BCUT2D eigenvalue weighted by Crippen LogP contribution is -2.09. The second-order valence-corrected chi connectivity index (χ2v) is 4.78. The Kier molecular flexibility index (Phi) is 2.82. The summed E-state index contributed by atoms with van der Waals surface area (Å²) < 4.78 is 4.32. The Morgan fingerprint density at radius 1 is 1.40 bits per heavy atom. The maximum atomic E-state index is 11.6. The van der Waals surface area contributed by atoms with Crippen LogP contribution in [0.1, 0.15) is 18.7 Å². The summed E-state index contributed by atoms with van der Waals surface area (Å²) in [5.74, 6) is 0.385. The number of fused-ring (bicyclic) bond motifs is 1. The van der Waals surface area contributed by atoms with Crippen LogP contribution in [0.4, 0.5) is 0 Å². The predicted octanol–water partition coefficient (Wildman–Crippen LogP) is 3.06. The van der Waals surface area contributed by atoms with Crippen LogP contribution in [-0.2, 0) is 11.2 Å². The van der Waals surface area contributed by atoms with E-state index in [-0.39, 0.29) is 11.7 Å². The number of ketones is 1. The van der Waals surface area contributed by atoms with E-state index in [1.54, 1.807) is 0 Å². The van der Waals surface area contributed by atoms with Gasteiger partial charge in [-0.25, -0.2) is 0 Å². The number of hydrogen-bond acceptors (Lipinski definition) is 3. The molecule has 0 aliphatic rings. The monoisotopic (exact) mass is 219 g/mol. The predicted molar refractivity (Wildman–Crippen MR) is 63.2 cm³/mol. The molecule has 1 aromatic heterocycles. The summed E-state index contributed by atoms with van der Waals surface area (Å²) in [5.41, 5.74) is 0.994. The molecule has 0 fully saturated rings. The first-order valence-electron chi connectivity index (χ1n) is 5.04. The van der Waals surface area contributed by atoms with Crippen LogP contribution in [-0.4, -0.2) is 10.2 Å². The Morgan fingerprint density at radius 3 is 2.87 bits per heavy atom. The van der Waals surface area contributed by atoms with Crippen molar-refractivity contribution in [3.8, 4) is 0 Å². The molecule has 1 aromatic carbocycles. The minimum atomic E-state index is 0.103. The molecule has 0 aliphatic heterocycles. The molecule has 2 nitrogen and oxygen atoms in total. The van der Waals surface area contributed by atoms with Crippen molar-refractivity contribution in [2.24, 2.45) is 5.92 Å². The summed E-state index contributed by atoms with van der Waals surface area (Å²) in [5, 5.41) is 1.12. The molecule has 0 N–H and O–H groups in total. The lowest BCUT2D eigenvalue weighted by molar-refractivity contribution is -0.121. The summed E-state index contributed by atoms with van der Waals surface area (Å²) in [6.45, 7) is 3.87. The number of benzene rings is 1. The standard InChI is InChI=1S/C12H13NOS/c1-8(2)11(14)7-12-9-5-3-4-6-10(9)13-15-12/h3-6,8H,7H2,1-2H3. The maximum absolute atomic E-state index is 11.6. The van der Waals surface area contributed by atoms with Crippen molar-refractivity contribution in [1.82, 2.24) is 4.37 Å². The molecule has 0 aliphatic carbocycles. The molecule has 0 amide bonds. The first-order valence-corrected chi connectivity index (χ1v) is 5.82.